The minimum absolute atomic E-state index is 0.146. The molecule has 0 bridgehead atoms. The van der Waals surface area contributed by atoms with Gasteiger partial charge in [0.1, 0.15) is 5.60 Å². The number of aryl methyl sites for hydroxylation is 1. The molecule has 0 spiro atoms. The van der Waals surface area contributed by atoms with Crippen molar-refractivity contribution in [1.29, 1.82) is 0 Å². The van der Waals surface area contributed by atoms with Crippen molar-refractivity contribution in [1.82, 2.24) is 4.98 Å². The first-order valence-corrected chi connectivity index (χ1v) is 5.50. The molecule has 1 aromatic rings. The maximum atomic E-state index is 13.8. The zero-order valence-corrected chi connectivity index (χ0v) is 11.1. The number of nitrogens with zero attached hydrogens (tertiary/aromatic N) is 2. The largest absolute Gasteiger partial charge is 0.464 e. The van der Waals surface area contributed by atoms with E-state index >= 15 is 0 Å². The van der Waals surface area contributed by atoms with Gasteiger partial charge >= 0.3 is 12.2 Å². The fourth-order valence-electron chi connectivity index (χ4n) is 1.24. The Morgan fingerprint density at radius 3 is 2.47 bits per heavy atom. The number of rotatable bonds is 1. The summed E-state index contributed by atoms with van der Waals surface area (Å²) in [6, 6.07) is 1.37. The van der Waals surface area contributed by atoms with Crippen LogP contribution in [0, 0.1) is 12.7 Å². The average Bonchev–Trinajstić information content (AvgIpc) is 2.21. The summed E-state index contributed by atoms with van der Waals surface area (Å²) in [6.07, 6.45) is -1.64. The van der Waals surface area contributed by atoms with Gasteiger partial charge in [0.25, 0.3) is 0 Å². The van der Waals surface area contributed by atoms with E-state index in [0.717, 1.165) is 0 Å². The number of carboxylic acid groups (broad SMARTS) is 1. The standard InChI is InChI=1S/C12H15FN2O4/c1-7-5-6-14-9(8(7)13)15(10(16)17)11(18)19-12(2,3)4/h5-6H,1-4H3,(H,16,17). The van der Waals surface area contributed by atoms with Gasteiger partial charge < -0.3 is 9.84 Å². The molecule has 0 unspecified atom stereocenters. The molecule has 104 valence electrons. The molecule has 0 saturated heterocycles. The van der Waals surface area contributed by atoms with Gasteiger partial charge in [-0.25, -0.2) is 19.0 Å². The molecule has 0 saturated carbocycles. The molecule has 0 atom stereocenters. The van der Waals surface area contributed by atoms with E-state index in [2.05, 4.69) is 4.98 Å². The number of carbonyl (C=O) groups excluding carboxylic acids is 1. The summed E-state index contributed by atoms with van der Waals surface area (Å²) >= 11 is 0. The highest BCUT2D eigenvalue weighted by molar-refractivity contribution is 6.07. The molecule has 0 aliphatic rings. The smallest absolute Gasteiger partial charge is 0.425 e. The van der Waals surface area contributed by atoms with Crippen LogP contribution in [0.25, 0.3) is 0 Å². The minimum atomic E-state index is -1.66. The molecule has 0 radical (unpaired) electrons. The van der Waals surface area contributed by atoms with Crippen LogP contribution in [0.1, 0.15) is 26.3 Å². The highest BCUT2D eigenvalue weighted by Crippen LogP contribution is 2.21. The Morgan fingerprint density at radius 2 is 2.00 bits per heavy atom. The van der Waals surface area contributed by atoms with Gasteiger partial charge in [-0.15, -0.1) is 0 Å². The van der Waals surface area contributed by atoms with E-state index in [1.165, 1.54) is 19.2 Å². The average molecular weight is 270 g/mol. The quantitative estimate of drug-likeness (QED) is 0.848. The second kappa shape index (κ2) is 5.21. The Morgan fingerprint density at radius 1 is 1.42 bits per heavy atom. The molecular formula is C12H15FN2O4. The van der Waals surface area contributed by atoms with Crippen molar-refractivity contribution in [3.8, 4) is 0 Å². The highest BCUT2D eigenvalue weighted by Gasteiger charge is 2.32. The first-order chi connectivity index (χ1) is 8.63. The summed E-state index contributed by atoms with van der Waals surface area (Å²) < 4.78 is 18.7. The second-order valence-electron chi connectivity index (χ2n) is 4.86. The van der Waals surface area contributed by atoms with Gasteiger partial charge in [0.05, 0.1) is 0 Å². The summed E-state index contributed by atoms with van der Waals surface area (Å²) in [6.45, 7) is 6.16. The third kappa shape index (κ3) is 3.64. The van der Waals surface area contributed by atoms with Gasteiger partial charge in [-0.05, 0) is 39.3 Å². The number of ether oxygens (including phenoxy) is 1. The molecular weight excluding hydrogens is 255 g/mol. The Balaban J connectivity index is 3.18. The van der Waals surface area contributed by atoms with Crippen LogP contribution in [0.3, 0.4) is 0 Å². The van der Waals surface area contributed by atoms with Crippen LogP contribution in [0.5, 0.6) is 0 Å². The summed E-state index contributed by atoms with van der Waals surface area (Å²) in [4.78, 5) is 26.6. The van der Waals surface area contributed by atoms with Crippen LogP contribution in [-0.2, 0) is 4.74 Å². The minimum Gasteiger partial charge on any atom is -0.464 e. The Hall–Kier alpha value is -2.18. The zero-order chi connectivity index (χ0) is 14.8. The number of anilines is 1. The van der Waals surface area contributed by atoms with Crippen molar-refractivity contribution in [3.63, 3.8) is 0 Å². The molecule has 1 rings (SSSR count). The van der Waals surface area contributed by atoms with Crippen molar-refractivity contribution in [3.05, 3.63) is 23.6 Å². The number of aromatic nitrogens is 1. The maximum Gasteiger partial charge on any atom is 0.425 e. The van der Waals surface area contributed by atoms with Gasteiger partial charge in [0.2, 0.25) is 0 Å². The Kier molecular flexibility index (Phi) is 4.08. The number of halogens is 1. The molecule has 1 N–H and O–H groups in total. The summed E-state index contributed by atoms with van der Waals surface area (Å²) in [5.41, 5.74) is -0.717. The van der Waals surface area contributed by atoms with E-state index in [4.69, 9.17) is 9.84 Å². The number of pyridine rings is 1. The maximum absolute atomic E-state index is 13.8. The molecule has 19 heavy (non-hydrogen) atoms. The molecule has 0 fully saturated rings. The van der Waals surface area contributed by atoms with Crippen molar-refractivity contribution in [2.45, 2.75) is 33.3 Å². The predicted octanol–water partition coefficient (Wildman–Crippen LogP) is 2.95. The third-order valence-corrected chi connectivity index (χ3v) is 2.04. The summed E-state index contributed by atoms with van der Waals surface area (Å²) in [5, 5.41) is 9.03. The molecule has 2 amide bonds. The first-order valence-electron chi connectivity index (χ1n) is 5.50. The number of hydrogen-bond donors (Lipinski definition) is 1. The lowest BCUT2D eigenvalue weighted by Crippen LogP contribution is -2.41. The lowest BCUT2D eigenvalue weighted by Gasteiger charge is -2.24. The Bertz CT molecular complexity index is 511. The van der Waals surface area contributed by atoms with Crippen LogP contribution < -0.4 is 4.90 Å². The fraction of sp³-hybridized carbons (Fsp3) is 0.417. The lowest BCUT2D eigenvalue weighted by atomic mass is 10.2. The summed E-state index contributed by atoms with van der Waals surface area (Å²) in [5.74, 6) is -1.47. The molecule has 0 aliphatic heterocycles. The van der Waals surface area contributed by atoms with Gasteiger partial charge in [0.15, 0.2) is 11.6 Å². The SMILES string of the molecule is Cc1ccnc(N(C(=O)O)C(=O)OC(C)(C)C)c1F. The van der Waals surface area contributed by atoms with E-state index in [1.54, 1.807) is 20.8 Å². The van der Waals surface area contributed by atoms with Gasteiger partial charge in [-0.3, -0.25) is 0 Å². The van der Waals surface area contributed by atoms with E-state index in [0.29, 0.717) is 0 Å². The fourth-order valence-corrected chi connectivity index (χ4v) is 1.24. The normalized spacial score (nSPS) is 11.0. The Labute approximate surface area is 109 Å². The lowest BCUT2D eigenvalue weighted by molar-refractivity contribution is 0.0579. The van der Waals surface area contributed by atoms with Crippen molar-refractivity contribution in [2.24, 2.45) is 0 Å². The molecule has 1 heterocycles. The molecule has 1 aromatic heterocycles. The second-order valence-corrected chi connectivity index (χ2v) is 4.86. The van der Waals surface area contributed by atoms with Gasteiger partial charge in [-0.1, -0.05) is 0 Å². The molecule has 0 aromatic carbocycles. The highest BCUT2D eigenvalue weighted by atomic mass is 19.1. The monoisotopic (exact) mass is 270 g/mol. The van der Waals surface area contributed by atoms with Crippen LogP contribution in [0.2, 0.25) is 0 Å². The van der Waals surface area contributed by atoms with Gasteiger partial charge in [0, 0.05) is 6.20 Å². The summed E-state index contributed by atoms with van der Waals surface area (Å²) in [7, 11) is 0. The molecule has 6 nitrogen and oxygen atoms in total. The number of imide groups is 1. The van der Waals surface area contributed by atoms with Crippen LogP contribution in [-0.4, -0.2) is 27.9 Å². The van der Waals surface area contributed by atoms with E-state index < -0.39 is 29.4 Å². The molecule has 0 aliphatic carbocycles. The van der Waals surface area contributed by atoms with Crippen LogP contribution >= 0.6 is 0 Å². The zero-order valence-electron chi connectivity index (χ0n) is 11.1. The van der Waals surface area contributed by atoms with Crippen LogP contribution in [0.4, 0.5) is 19.8 Å². The van der Waals surface area contributed by atoms with E-state index in [1.807, 2.05) is 0 Å². The number of amides is 2. The van der Waals surface area contributed by atoms with Crippen molar-refractivity contribution in [2.75, 3.05) is 4.90 Å². The third-order valence-electron chi connectivity index (χ3n) is 2.04. The predicted molar refractivity (Wildman–Crippen MR) is 65.7 cm³/mol. The molecule has 7 heteroatoms. The van der Waals surface area contributed by atoms with E-state index in [-0.39, 0.29) is 10.5 Å². The number of carbonyl (C=O) groups is 2. The van der Waals surface area contributed by atoms with Crippen molar-refractivity contribution < 1.29 is 23.8 Å². The topological polar surface area (TPSA) is 79.7 Å². The van der Waals surface area contributed by atoms with Crippen molar-refractivity contribution >= 4 is 18.0 Å². The number of hydrogen-bond acceptors (Lipinski definition) is 4. The van der Waals surface area contributed by atoms with E-state index in [9.17, 15) is 14.0 Å². The first kappa shape index (κ1) is 14.9. The van der Waals surface area contributed by atoms with Crippen LogP contribution in [0.15, 0.2) is 12.3 Å². The van der Waals surface area contributed by atoms with Gasteiger partial charge in [-0.2, -0.15) is 4.90 Å².